The van der Waals surface area contributed by atoms with Gasteiger partial charge in [0.25, 0.3) is 0 Å². The maximum atomic E-state index is 12.7. The van der Waals surface area contributed by atoms with Gasteiger partial charge >= 0.3 is 5.97 Å². The number of hydrogen-bond acceptors (Lipinski definition) is 3. The molecule has 1 heterocycles. The van der Waals surface area contributed by atoms with Gasteiger partial charge in [0.2, 0.25) is 5.91 Å². The average molecular weight is 290 g/mol. The van der Waals surface area contributed by atoms with E-state index in [1.807, 2.05) is 38.1 Å². The number of benzene rings is 1. The van der Waals surface area contributed by atoms with Crippen LogP contribution in [0.15, 0.2) is 24.3 Å². The van der Waals surface area contributed by atoms with E-state index >= 15 is 0 Å². The molecule has 1 atom stereocenters. The molecule has 5 nitrogen and oxygen atoms in total. The quantitative estimate of drug-likeness (QED) is 0.881. The van der Waals surface area contributed by atoms with E-state index in [0.29, 0.717) is 25.8 Å². The standard InChI is InChI=1S/C16H22N2O3/c1-3-16(17,4-2)15(21)18-10-12-8-6-5-7-11(12)9-13(18)14(19)20/h5-8,13H,3-4,9-10,17H2,1-2H3,(H,19,20)/t13-/m0/s1. The molecule has 0 saturated carbocycles. The van der Waals surface area contributed by atoms with E-state index in [2.05, 4.69) is 0 Å². The van der Waals surface area contributed by atoms with Crippen LogP contribution in [0, 0.1) is 0 Å². The third-order valence-corrected chi connectivity index (χ3v) is 4.48. The number of carbonyl (C=O) groups is 2. The summed E-state index contributed by atoms with van der Waals surface area (Å²) in [6, 6.07) is 6.80. The van der Waals surface area contributed by atoms with E-state index in [1.54, 1.807) is 0 Å². The van der Waals surface area contributed by atoms with Gasteiger partial charge in [-0.2, -0.15) is 0 Å². The summed E-state index contributed by atoms with van der Waals surface area (Å²) in [6.07, 6.45) is 1.32. The molecule has 1 aliphatic rings. The van der Waals surface area contributed by atoms with Crippen molar-refractivity contribution in [3.05, 3.63) is 35.4 Å². The van der Waals surface area contributed by atoms with E-state index in [9.17, 15) is 14.7 Å². The van der Waals surface area contributed by atoms with E-state index < -0.39 is 17.6 Å². The van der Waals surface area contributed by atoms with Crippen molar-refractivity contribution in [3.63, 3.8) is 0 Å². The van der Waals surface area contributed by atoms with Crippen LogP contribution in [-0.2, 0) is 22.6 Å². The van der Waals surface area contributed by atoms with Crippen LogP contribution in [0.25, 0.3) is 0 Å². The largest absolute Gasteiger partial charge is 0.480 e. The van der Waals surface area contributed by atoms with E-state index in [-0.39, 0.29) is 5.91 Å². The number of aliphatic carboxylic acids is 1. The van der Waals surface area contributed by atoms with Crippen molar-refractivity contribution in [3.8, 4) is 0 Å². The highest BCUT2D eigenvalue weighted by Crippen LogP contribution is 2.27. The number of carbonyl (C=O) groups excluding carboxylic acids is 1. The Labute approximate surface area is 124 Å². The van der Waals surface area contributed by atoms with Crippen molar-refractivity contribution >= 4 is 11.9 Å². The monoisotopic (exact) mass is 290 g/mol. The third kappa shape index (κ3) is 2.78. The maximum Gasteiger partial charge on any atom is 0.326 e. The zero-order chi connectivity index (χ0) is 15.6. The molecule has 1 aromatic carbocycles. The van der Waals surface area contributed by atoms with Crippen LogP contribution in [0.2, 0.25) is 0 Å². The fourth-order valence-corrected chi connectivity index (χ4v) is 2.80. The normalized spacial score (nSPS) is 18.2. The number of rotatable bonds is 4. The Morgan fingerprint density at radius 1 is 1.29 bits per heavy atom. The molecule has 0 aromatic heterocycles. The summed E-state index contributed by atoms with van der Waals surface area (Å²) in [6.45, 7) is 4.02. The number of nitrogens with two attached hydrogens (primary N) is 1. The Balaban J connectivity index is 2.37. The van der Waals surface area contributed by atoms with Gasteiger partial charge in [0, 0.05) is 13.0 Å². The number of carboxylic acid groups (broad SMARTS) is 1. The van der Waals surface area contributed by atoms with E-state index in [4.69, 9.17) is 5.73 Å². The summed E-state index contributed by atoms with van der Waals surface area (Å²) in [7, 11) is 0. The fraction of sp³-hybridized carbons (Fsp3) is 0.500. The summed E-state index contributed by atoms with van der Waals surface area (Å²) >= 11 is 0. The van der Waals surface area contributed by atoms with Crippen molar-refractivity contribution in [2.24, 2.45) is 5.73 Å². The maximum absolute atomic E-state index is 12.7. The minimum absolute atomic E-state index is 0.269. The summed E-state index contributed by atoms with van der Waals surface area (Å²) in [4.78, 5) is 25.7. The molecule has 0 bridgehead atoms. The molecule has 0 radical (unpaired) electrons. The third-order valence-electron chi connectivity index (χ3n) is 4.48. The molecule has 0 fully saturated rings. The second-order valence-corrected chi connectivity index (χ2v) is 5.62. The molecule has 0 saturated heterocycles. The molecular formula is C16H22N2O3. The van der Waals surface area contributed by atoms with Crippen LogP contribution >= 0.6 is 0 Å². The van der Waals surface area contributed by atoms with Crippen molar-refractivity contribution in [2.45, 2.75) is 51.2 Å². The smallest absolute Gasteiger partial charge is 0.326 e. The first-order chi connectivity index (χ1) is 9.92. The first-order valence-electron chi connectivity index (χ1n) is 7.32. The van der Waals surface area contributed by atoms with Gasteiger partial charge in [0.05, 0.1) is 5.54 Å². The molecule has 0 spiro atoms. The summed E-state index contributed by atoms with van der Waals surface area (Å²) < 4.78 is 0. The first kappa shape index (κ1) is 15.5. The van der Waals surface area contributed by atoms with Crippen molar-refractivity contribution in [2.75, 3.05) is 0 Å². The summed E-state index contributed by atoms with van der Waals surface area (Å²) in [5.41, 5.74) is 7.17. The predicted molar refractivity (Wildman–Crippen MR) is 79.6 cm³/mol. The predicted octanol–water partition coefficient (Wildman–Crippen LogP) is 1.54. The summed E-state index contributed by atoms with van der Waals surface area (Å²) in [5, 5.41) is 9.46. The Kier molecular flexibility index (Phi) is 4.32. The van der Waals surface area contributed by atoms with Crippen molar-refractivity contribution < 1.29 is 14.7 Å². The molecule has 114 valence electrons. The lowest BCUT2D eigenvalue weighted by atomic mass is 9.88. The molecule has 0 unspecified atom stereocenters. The SMILES string of the molecule is CCC(N)(CC)C(=O)N1Cc2ccccc2C[C@H]1C(=O)O. The van der Waals surface area contributed by atoms with Crippen LogP contribution in [0.5, 0.6) is 0 Å². The lowest BCUT2D eigenvalue weighted by Crippen LogP contribution is -2.59. The second kappa shape index (κ2) is 5.85. The Bertz CT molecular complexity index is 552. The molecule has 1 aromatic rings. The van der Waals surface area contributed by atoms with Gasteiger partial charge in [-0.25, -0.2) is 4.79 Å². The molecular weight excluding hydrogens is 268 g/mol. The highest BCUT2D eigenvalue weighted by atomic mass is 16.4. The second-order valence-electron chi connectivity index (χ2n) is 5.62. The topological polar surface area (TPSA) is 83.6 Å². The van der Waals surface area contributed by atoms with Gasteiger partial charge in [-0.1, -0.05) is 38.1 Å². The van der Waals surface area contributed by atoms with E-state index in [1.165, 1.54) is 4.90 Å². The van der Waals surface area contributed by atoms with Gasteiger partial charge < -0.3 is 15.7 Å². The highest BCUT2D eigenvalue weighted by Gasteiger charge is 2.41. The van der Waals surface area contributed by atoms with Gasteiger partial charge in [0.1, 0.15) is 6.04 Å². The molecule has 3 N–H and O–H groups in total. The van der Waals surface area contributed by atoms with Gasteiger partial charge in [-0.05, 0) is 24.0 Å². The number of nitrogens with zero attached hydrogens (tertiary/aromatic N) is 1. The molecule has 5 heteroatoms. The van der Waals surface area contributed by atoms with Crippen LogP contribution in [0.1, 0.15) is 37.8 Å². The number of carboxylic acids is 1. The van der Waals surface area contributed by atoms with Gasteiger partial charge in [-0.3, -0.25) is 4.79 Å². The summed E-state index contributed by atoms with van der Waals surface area (Å²) in [5.74, 6) is -1.25. The lowest BCUT2D eigenvalue weighted by Gasteiger charge is -2.39. The van der Waals surface area contributed by atoms with Crippen LogP contribution in [-0.4, -0.2) is 33.5 Å². The lowest BCUT2D eigenvalue weighted by molar-refractivity contribution is -0.154. The first-order valence-corrected chi connectivity index (χ1v) is 7.32. The number of fused-ring (bicyclic) bond motifs is 1. The molecule has 1 aliphatic heterocycles. The van der Waals surface area contributed by atoms with Crippen molar-refractivity contribution in [1.82, 2.24) is 4.90 Å². The molecule has 21 heavy (non-hydrogen) atoms. The van der Waals surface area contributed by atoms with Gasteiger partial charge in [-0.15, -0.1) is 0 Å². The molecule has 1 amide bonds. The molecule has 2 rings (SSSR count). The van der Waals surface area contributed by atoms with Crippen LogP contribution in [0.3, 0.4) is 0 Å². The number of amides is 1. The Morgan fingerprint density at radius 3 is 2.38 bits per heavy atom. The van der Waals surface area contributed by atoms with Crippen LogP contribution < -0.4 is 5.73 Å². The van der Waals surface area contributed by atoms with E-state index in [0.717, 1.165) is 11.1 Å². The van der Waals surface area contributed by atoms with Gasteiger partial charge in [0.15, 0.2) is 0 Å². The fourth-order valence-electron chi connectivity index (χ4n) is 2.80. The number of hydrogen-bond donors (Lipinski definition) is 2. The van der Waals surface area contributed by atoms with Crippen LogP contribution in [0.4, 0.5) is 0 Å². The zero-order valence-corrected chi connectivity index (χ0v) is 12.5. The van der Waals surface area contributed by atoms with Crippen molar-refractivity contribution in [1.29, 1.82) is 0 Å². The highest BCUT2D eigenvalue weighted by molar-refractivity contribution is 5.90. The minimum atomic E-state index is -0.986. The Morgan fingerprint density at radius 2 is 1.86 bits per heavy atom. The average Bonchev–Trinajstić information content (AvgIpc) is 2.52. The molecule has 0 aliphatic carbocycles. The zero-order valence-electron chi connectivity index (χ0n) is 12.5. The Hall–Kier alpha value is -1.88. The minimum Gasteiger partial charge on any atom is -0.480 e.